The van der Waals surface area contributed by atoms with E-state index >= 15 is 0 Å². The van der Waals surface area contributed by atoms with Crippen LogP contribution in [0.15, 0.2) is 18.2 Å². The topological polar surface area (TPSA) is 38.5 Å². The number of nitrogens with zero attached hydrogens (tertiary/aromatic N) is 1. The van der Waals surface area contributed by atoms with Crippen LogP contribution in [0, 0.1) is 0 Å². The maximum absolute atomic E-state index is 5.83. The van der Waals surface area contributed by atoms with Gasteiger partial charge in [-0.25, -0.2) is 0 Å². The fourth-order valence-electron chi connectivity index (χ4n) is 1.22. The van der Waals surface area contributed by atoms with Crippen LogP contribution in [0.1, 0.15) is 0 Å². The van der Waals surface area contributed by atoms with Gasteiger partial charge in [-0.3, -0.25) is 0 Å². The van der Waals surface area contributed by atoms with Gasteiger partial charge in [0.05, 0.1) is 18.0 Å². The van der Waals surface area contributed by atoms with E-state index < -0.39 is 0 Å². The molecule has 78 valence electrons. The molecule has 0 amide bonds. The van der Waals surface area contributed by atoms with Gasteiger partial charge in [0.25, 0.3) is 0 Å². The summed E-state index contributed by atoms with van der Waals surface area (Å²) in [6, 6.07) is 5.49. The van der Waals surface area contributed by atoms with E-state index in [9.17, 15) is 0 Å². The van der Waals surface area contributed by atoms with Crippen LogP contribution in [0.3, 0.4) is 0 Å². The van der Waals surface area contributed by atoms with Gasteiger partial charge < -0.3 is 15.4 Å². The number of ether oxygens (including phenoxy) is 1. The highest BCUT2D eigenvalue weighted by Crippen LogP contribution is 2.25. The summed E-state index contributed by atoms with van der Waals surface area (Å²) in [4.78, 5) is 2.04. The molecule has 1 aromatic rings. The minimum absolute atomic E-state index is 0.659. The van der Waals surface area contributed by atoms with E-state index in [1.165, 1.54) is 0 Å². The predicted molar refractivity (Wildman–Crippen MR) is 61.0 cm³/mol. The van der Waals surface area contributed by atoms with Crippen LogP contribution in [-0.2, 0) is 4.74 Å². The Morgan fingerprint density at radius 3 is 2.79 bits per heavy atom. The highest BCUT2D eigenvalue weighted by Gasteiger charge is 2.04. The first-order valence-electron chi connectivity index (χ1n) is 4.40. The summed E-state index contributed by atoms with van der Waals surface area (Å²) in [6.07, 6.45) is 0. The van der Waals surface area contributed by atoms with Gasteiger partial charge in [-0.15, -0.1) is 0 Å². The largest absolute Gasteiger partial charge is 0.397 e. The zero-order chi connectivity index (χ0) is 10.6. The molecule has 0 spiro atoms. The molecular formula is C10H15ClN2O. The average molecular weight is 215 g/mol. The van der Waals surface area contributed by atoms with Crippen molar-refractivity contribution in [2.75, 3.05) is 37.9 Å². The van der Waals surface area contributed by atoms with Crippen molar-refractivity contribution < 1.29 is 4.74 Å². The van der Waals surface area contributed by atoms with Crippen LogP contribution in [-0.4, -0.2) is 27.3 Å². The Bertz CT molecular complexity index is 304. The predicted octanol–water partition coefficient (Wildman–Crippen LogP) is 2.00. The summed E-state index contributed by atoms with van der Waals surface area (Å²) in [7, 11) is 3.65. The SMILES string of the molecule is COCCN(C)c1ccc(Cl)cc1N. The van der Waals surface area contributed by atoms with Gasteiger partial charge in [-0.1, -0.05) is 11.6 Å². The average Bonchev–Trinajstić information content (AvgIpc) is 2.14. The molecule has 1 rings (SSSR count). The maximum atomic E-state index is 5.83. The van der Waals surface area contributed by atoms with Crippen molar-refractivity contribution in [3.8, 4) is 0 Å². The number of likely N-dealkylation sites (N-methyl/N-ethyl adjacent to an activating group) is 1. The number of hydrogen-bond donors (Lipinski definition) is 1. The number of hydrogen-bond acceptors (Lipinski definition) is 3. The Morgan fingerprint density at radius 2 is 2.21 bits per heavy atom. The van der Waals surface area contributed by atoms with Crippen LogP contribution < -0.4 is 10.6 Å². The second kappa shape index (κ2) is 5.08. The molecule has 2 N–H and O–H groups in total. The van der Waals surface area contributed by atoms with Crippen LogP contribution >= 0.6 is 11.6 Å². The number of nitrogen functional groups attached to an aromatic ring is 1. The van der Waals surface area contributed by atoms with Crippen molar-refractivity contribution in [2.45, 2.75) is 0 Å². The van der Waals surface area contributed by atoms with Crippen LogP contribution in [0.25, 0.3) is 0 Å². The first-order valence-corrected chi connectivity index (χ1v) is 4.78. The molecule has 0 unspecified atom stereocenters. The van der Waals surface area contributed by atoms with Gasteiger partial charge in [0.15, 0.2) is 0 Å². The van der Waals surface area contributed by atoms with Crippen LogP contribution in [0.2, 0.25) is 5.02 Å². The van der Waals surface area contributed by atoms with Gasteiger partial charge in [-0.05, 0) is 18.2 Å². The third kappa shape index (κ3) is 2.79. The molecule has 0 bridgehead atoms. The van der Waals surface area contributed by atoms with Crippen molar-refractivity contribution in [1.82, 2.24) is 0 Å². The summed E-state index contributed by atoms with van der Waals surface area (Å²) < 4.78 is 4.99. The van der Waals surface area contributed by atoms with E-state index in [-0.39, 0.29) is 0 Å². The van der Waals surface area contributed by atoms with E-state index in [1.54, 1.807) is 13.2 Å². The molecule has 0 saturated carbocycles. The fraction of sp³-hybridized carbons (Fsp3) is 0.400. The first-order chi connectivity index (χ1) is 6.65. The van der Waals surface area contributed by atoms with E-state index in [4.69, 9.17) is 22.1 Å². The highest BCUT2D eigenvalue weighted by atomic mass is 35.5. The molecule has 0 radical (unpaired) electrons. The van der Waals surface area contributed by atoms with Crippen molar-refractivity contribution in [3.05, 3.63) is 23.2 Å². The molecule has 0 aliphatic heterocycles. The number of nitrogens with two attached hydrogens (primary N) is 1. The molecule has 4 heteroatoms. The molecule has 0 aromatic heterocycles. The van der Waals surface area contributed by atoms with Gasteiger partial charge in [0, 0.05) is 25.7 Å². The van der Waals surface area contributed by atoms with Crippen molar-refractivity contribution in [2.24, 2.45) is 0 Å². The smallest absolute Gasteiger partial charge is 0.0637 e. The molecular weight excluding hydrogens is 200 g/mol. The second-order valence-electron chi connectivity index (χ2n) is 3.12. The zero-order valence-electron chi connectivity index (χ0n) is 8.46. The van der Waals surface area contributed by atoms with Crippen LogP contribution in [0.5, 0.6) is 0 Å². The lowest BCUT2D eigenvalue weighted by molar-refractivity contribution is 0.206. The molecule has 14 heavy (non-hydrogen) atoms. The molecule has 0 saturated heterocycles. The van der Waals surface area contributed by atoms with E-state index in [0.717, 1.165) is 12.2 Å². The molecule has 1 aromatic carbocycles. The quantitative estimate of drug-likeness (QED) is 0.780. The van der Waals surface area contributed by atoms with Gasteiger partial charge in [0.2, 0.25) is 0 Å². The molecule has 0 aliphatic carbocycles. The lowest BCUT2D eigenvalue weighted by Gasteiger charge is -2.20. The molecule has 0 fully saturated rings. The van der Waals surface area contributed by atoms with Crippen molar-refractivity contribution in [1.29, 1.82) is 0 Å². The van der Waals surface area contributed by atoms with Crippen molar-refractivity contribution in [3.63, 3.8) is 0 Å². The van der Waals surface area contributed by atoms with E-state index in [2.05, 4.69) is 0 Å². The van der Waals surface area contributed by atoms with Gasteiger partial charge in [0.1, 0.15) is 0 Å². The third-order valence-electron chi connectivity index (χ3n) is 2.03. The molecule has 3 nitrogen and oxygen atoms in total. The fourth-order valence-corrected chi connectivity index (χ4v) is 1.40. The lowest BCUT2D eigenvalue weighted by Crippen LogP contribution is -2.22. The van der Waals surface area contributed by atoms with Gasteiger partial charge >= 0.3 is 0 Å². The first kappa shape index (κ1) is 11.1. The second-order valence-corrected chi connectivity index (χ2v) is 3.55. The lowest BCUT2D eigenvalue weighted by atomic mass is 10.2. The summed E-state index contributed by atoms with van der Waals surface area (Å²) in [6.45, 7) is 1.49. The Balaban J connectivity index is 2.74. The summed E-state index contributed by atoms with van der Waals surface area (Å²) in [5, 5.41) is 0.659. The normalized spacial score (nSPS) is 10.2. The third-order valence-corrected chi connectivity index (χ3v) is 2.27. The van der Waals surface area contributed by atoms with Gasteiger partial charge in [-0.2, -0.15) is 0 Å². The standard InChI is InChI=1S/C10H15ClN2O/c1-13(5-6-14-2)10-4-3-8(11)7-9(10)12/h3-4,7H,5-6,12H2,1-2H3. The number of halogens is 1. The summed E-state index contributed by atoms with van der Waals surface area (Å²) >= 11 is 5.80. The van der Waals surface area contributed by atoms with E-state index in [0.29, 0.717) is 17.3 Å². The number of methoxy groups -OCH3 is 1. The van der Waals surface area contributed by atoms with E-state index in [1.807, 2.05) is 24.1 Å². The molecule has 0 atom stereocenters. The minimum Gasteiger partial charge on any atom is -0.397 e. The summed E-state index contributed by atoms with van der Waals surface area (Å²) in [5.74, 6) is 0. The van der Waals surface area contributed by atoms with Crippen molar-refractivity contribution >= 4 is 23.0 Å². The molecule has 0 aliphatic rings. The number of rotatable bonds is 4. The van der Waals surface area contributed by atoms with Crippen LogP contribution in [0.4, 0.5) is 11.4 Å². The maximum Gasteiger partial charge on any atom is 0.0637 e. The molecule has 0 heterocycles. The monoisotopic (exact) mass is 214 g/mol. The number of benzene rings is 1. The zero-order valence-corrected chi connectivity index (χ0v) is 9.21. The highest BCUT2D eigenvalue weighted by molar-refractivity contribution is 6.31. The Morgan fingerprint density at radius 1 is 1.50 bits per heavy atom. The Labute approximate surface area is 89.4 Å². The minimum atomic E-state index is 0.659. The summed E-state index contributed by atoms with van der Waals surface area (Å²) in [5.41, 5.74) is 7.50. The number of anilines is 2. The Hall–Kier alpha value is -0.930. The Kier molecular flexibility index (Phi) is 4.04.